The second-order valence-electron chi connectivity index (χ2n) is 7.76. The van der Waals surface area contributed by atoms with Crippen molar-refractivity contribution in [3.63, 3.8) is 0 Å². The summed E-state index contributed by atoms with van der Waals surface area (Å²) < 4.78 is 1.37. The van der Waals surface area contributed by atoms with E-state index >= 15 is 0 Å². The molecule has 1 saturated heterocycles. The van der Waals surface area contributed by atoms with Crippen LogP contribution in [0, 0.1) is 5.92 Å². The normalized spacial score (nSPS) is 14.6. The molecular formula is C24H24ClN3O2. The van der Waals surface area contributed by atoms with E-state index in [2.05, 4.69) is 29.2 Å². The highest BCUT2D eigenvalue weighted by Gasteiger charge is 2.23. The van der Waals surface area contributed by atoms with Gasteiger partial charge in [-0.25, -0.2) is 4.98 Å². The number of hydrogen-bond donors (Lipinski definition) is 0. The molecule has 4 rings (SSSR count). The molecule has 2 aromatic carbocycles. The summed E-state index contributed by atoms with van der Waals surface area (Å²) in [5, 5.41) is 0.630. The molecule has 1 amide bonds. The molecule has 3 aromatic rings. The summed E-state index contributed by atoms with van der Waals surface area (Å²) in [5.41, 5.74) is 2.50. The monoisotopic (exact) mass is 421 g/mol. The summed E-state index contributed by atoms with van der Waals surface area (Å²) in [6, 6.07) is 19.1. The zero-order valence-corrected chi connectivity index (χ0v) is 17.5. The fourth-order valence-electron chi connectivity index (χ4n) is 3.90. The van der Waals surface area contributed by atoms with E-state index < -0.39 is 0 Å². The van der Waals surface area contributed by atoms with Gasteiger partial charge in [-0.2, -0.15) is 0 Å². The largest absolute Gasteiger partial charge is 0.341 e. The van der Waals surface area contributed by atoms with Gasteiger partial charge in [0.15, 0.2) is 0 Å². The Morgan fingerprint density at radius 2 is 1.73 bits per heavy atom. The number of benzene rings is 2. The third-order valence-corrected chi connectivity index (χ3v) is 5.91. The van der Waals surface area contributed by atoms with Crippen molar-refractivity contribution >= 4 is 17.5 Å². The molecule has 1 fully saturated rings. The van der Waals surface area contributed by atoms with Crippen molar-refractivity contribution in [1.29, 1.82) is 0 Å². The number of carbonyl (C=O) groups excluding carboxylic acids is 1. The van der Waals surface area contributed by atoms with Crippen molar-refractivity contribution in [3.05, 3.63) is 87.9 Å². The first-order valence-electron chi connectivity index (χ1n) is 10.2. The molecule has 154 valence electrons. The van der Waals surface area contributed by atoms with Gasteiger partial charge >= 0.3 is 0 Å². The standard InChI is InChI=1S/C24H24ClN3O2/c25-21-8-6-20(7-9-21)22-15-23(29)28(17-26-22)16-24(30)27-12-10-19(11-13-27)14-18-4-2-1-3-5-18/h1-9,15,17,19H,10-14,16H2. The Morgan fingerprint density at radius 1 is 1.03 bits per heavy atom. The lowest BCUT2D eigenvalue weighted by atomic mass is 9.90. The van der Waals surface area contributed by atoms with E-state index in [1.54, 1.807) is 12.1 Å². The van der Waals surface area contributed by atoms with Gasteiger partial charge in [0.1, 0.15) is 6.54 Å². The SMILES string of the molecule is O=C(Cn1cnc(-c2ccc(Cl)cc2)cc1=O)N1CCC(Cc2ccccc2)CC1. The van der Waals surface area contributed by atoms with Crippen LogP contribution in [0.1, 0.15) is 18.4 Å². The van der Waals surface area contributed by atoms with Gasteiger partial charge in [-0.05, 0) is 42.9 Å². The van der Waals surface area contributed by atoms with E-state index in [1.165, 1.54) is 22.5 Å². The van der Waals surface area contributed by atoms with Crippen LogP contribution in [0.3, 0.4) is 0 Å². The predicted molar refractivity (Wildman–Crippen MR) is 118 cm³/mol. The molecule has 1 aliphatic rings. The minimum absolute atomic E-state index is 0.0239. The molecule has 1 aliphatic heterocycles. The molecule has 0 N–H and O–H groups in total. The molecule has 2 heterocycles. The number of hydrogen-bond acceptors (Lipinski definition) is 3. The van der Waals surface area contributed by atoms with Gasteiger partial charge in [0, 0.05) is 29.7 Å². The zero-order valence-electron chi connectivity index (χ0n) is 16.7. The summed E-state index contributed by atoms with van der Waals surface area (Å²) in [4.78, 5) is 31.4. The summed E-state index contributed by atoms with van der Waals surface area (Å²) in [6.07, 6.45) is 4.48. The van der Waals surface area contributed by atoms with Crippen molar-refractivity contribution in [1.82, 2.24) is 14.5 Å². The fraction of sp³-hybridized carbons (Fsp3) is 0.292. The first kappa shape index (κ1) is 20.4. The molecule has 5 nitrogen and oxygen atoms in total. The summed E-state index contributed by atoms with van der Waals surface area (Å²) >= 11 is 5.91. The Labute approximate surface area is 180 Å². The van der Waals surface area contributed by atoms with Gasteiger partial charge in [0.2, 0.25) is 5.91 Å². The second kappa shape index (κ2) is 9.26. The minimum atomic E-state index is -0.234. The van der Waals surface area contributed by atoms with E-state index in [-0.39, 0.29) is 18.0 Å². The number of amides is 1. The molecular weight excluding hydrogens is 398 g/mol. The van der Waals surface area contributed by atoms with E-state index in [0.29, 0.717) is 16.6 Å². The number of carbonyl (C=O) groups is 1. The van der Waals surface area contributed by atoms with Crippen LogP contribution in [-0.2, 0) is 17.8 Å². The van der Waals surface area contributed by atoms with Crippen LogP contribution < -0.4 is 5.56 Å². The number of likely N-dealkylation sites (tertiary alicyclic amines) is 1. The van der Waals surface area contributed by atoms with Crippen LogP contribution in [0.25, 0.3) is 11.3 Å². The maximum Gasteiger partial charge on any atom is 0.254 e. The highest BCUT2D eigenvalue weighted by Crippen LogP contribution is 2.22. The third kappa shape index (κ3) is 4.97. The van der Waals surface area contributed by atoms with Crippen LogP contribution >= 0.6 is 11.6 Å². The average Bonchev–Trinajstić information content (AvgIpc) is 2.77. The highest BCUT2D eigenvalue weighted by atomic mass is 35.5. The lowest BCUT2D eigenvalue weighted by Gasteiger charge is -2.32. The van der Waals surface area contributed by atoms with Gasteiger partial charge in [0.05, 0.1) is 12.0 Å². The van der Waals surface area contributed by atoms with Gasteiger partial charge < -0.3 is 4.90 Å². The van der Waals surface area contributed by atoms with E-state index in [9.17, 15) is 9.59 Å². The summed E-state index contributed by atoms with van der Waals surface area (Å²) in [5.74, 6) is 0.566. The molecule has 0 saturated carbocycles. The van der Waals surface area contributed by atoms with Crippen LogP contribution in [-0.4, -0.2) is 33.4 Å². The van der Waals surface area contributed by atoms with Crippen molar-refractivity contribution in [2.45, 2.75) is 25.8 Å². The number of rotatable bonds is 5. The van der Waals surface area contributed by atoms with Gasteiger partial charge in [-0.15, -0.1) is 0 Å². The molecule has 6 heteroatoms. The minimum Gasteiger partial charge on any atom is -0.341 e. The molecule has 0 radical (unpaired) electrons. The topological polar surface area (TPSA) is 55.2 Å². The van der Waals surface area contributed by atoms with Crippen molar-refractivity contribution < 1.29 is 4.79 Å². The second-order valence-corrected chi connectivity index (χ2v) is 8.20. The number of halogens is 1. The Hall–Kier alpha value is -2.92. The predicted octanol–water partition coefficient (Wildman–Crippen LogP) is 4.05. The fourth-order valence-corrected chi connectivity index (χ4v) is 4.03. The zero-order chi connectivity index (χ0) is 20.9. The molecule has 0 atom stereocenters. The van der Waals surface area contributed by atoms with Crippen LogP contribution in [0.5, 0.6) is 0 Å². The quantitative estimate of drug-likeness (QED) is 0.624. The molecule has 0 bridgehead atoms. The lowest BCUT2D eigenvalue weighted by Crippen LogP contribution is -2.41. The molecule has 0 aliphatic carbocycles. The molecule has 1 aromatic heterocycles. The molecule has 0 spiro atoms. The van der Waals surface area contributed by atoms with Gasteiger partial charge in [0.25, 0.3) is 5.56 Å². The van der Waals surface area contributed by atoms with E-state index in [1.807, 2.05) is 23.1 Å². The van der Waals surface area contributed by atoms with Gasteiger partial charge in [-0.3, -0.25) is 14.2 Å². The average molecular weight is 422 g/mol. The van der Waals surface area contributed by atoms with Crippen molar-refractivity contribution in [2.24, 2.45) is 5.92 Å². The maximum absolute atomic E-state index is 12.7. The summed E-state index contributed by atoms with van der Waals surface area (Å²) in [7, 11) is 0. The number of nitrogens with zero attached hydrogens (tertiary/aromatic N) is 3. The van der Waals surface area contributed by atoms with Crippen LogP contribution in [0.15, 0.2) is 71.8 Å². The first-order chi connectivity index (χ1) is 14.6. The smallest absolute Gasteiger partial charge is 0.254 e. The Morgan fingerprint density at radius 3 is 2.40 bits per heavy atom. The Kier molecular flexibility index (Phi) is 6.29. The van der Waals surface area contributed by atoms with E-state index in [4.69, 9.17) is 11.6 Å². The first-order valence-corrected chi connectivity index (χ1v) is 10.6. The van der Waals surface area contributed by atoms with Crippen molar-refractivity contribution in [3.8, 4) is 11.3 Å². The van der Waals surface area contributed by atoms with Crippen molar-refractivity contribution in [2.75, 3.05) is 13.1 Å². The molecule has 30 heavy (non-hydrogen) atoms. The third-order valence-electron chi connectivity index (χ3n) is 5.66. The molecule has 0 unspecified atom stereocenters. The maximum atomic E-state index is 12.7. The van der Waals surface area contributed by atoms with Gasteiger partial charge in [-0.1, -0.05) is 54.1 Å². The number of aromatic nitrogens is 2. The van der Waals surface area contributed by atoms with Crippen LogP contribution in [0.4, 0.5) is 0 Å². The van der Waals surface area contributed by atoms with E-state index in [0.717, 1.165) is 37.9 Å². The Bertz CT molecular complexity index is 1060. The number of piperidine rings is 1. The highest BCUT2D eigenvalue weighted by molar-refractivity contribution is 6.30. The Balaban J connectivity index is 1.34. The summed E-state index contributed by atoms with van der Waals surface area (Å²) in [6.45, 7) is 1.50. The lowest BCUT2D eigenvalue weighted by molar-refractivity contribution is -0.133. The van der Waals surface area contributed by atoms with Crippen LogP contribution in [0.2, 0.25) is 5.02 Å².